The molecule has 0 bridgehead atoms. The molecule has 4 heteroatoms. The third kappa shape index (κ3) is 3.45. The number of hydrogen-bond donors (Lipinski definition) is 1. The van der Waals surface area contributed by atoms with Crippen molar-refractivity contribution in [2.75, 3.05) is 19.6 Å². The molecule has 1 aromatic rings. The second-order valence-corrected chi connectivity index (χ2v) is 4.63. The smallest absolute Gasteiger partial charge is 0.191 e. The van der Waals surface area contributed by atoms with Crippen molar-refractivity contribution in [1.82, 2.24) is 4.90 Å². The molecule has 0 saturated carbocycles. The number of hydrogen-bond acceptors (Lipinski definition) is 1. The summed E-state index contributed by atoms with van der Waals surface area (Å²) in [5.74, 6) is 0.440. The van der Waals surface area contributed by atoms with Crippen LogP contribution in [0.5, 0.6) is 0 Å². The molecule has 3 nitrogen and oxygen atoms in total. The van der Waals surface area contributed by atoms with E-state index in [2.05, 4.69) is 9.89 Å². The molecule has 1 fully saturated rings. The van der Waals surface area contributed by atoms with E-state index in [4.69, 9.17) is 5.73 Å². The molecule has 0 aliphatic carbocycles. The number of nitrogens with two attached hydrogens (primary N) is 1. The summed E-state index contributed by atoms with van der Waals surface area (Å²) in [5, 5.41) is 0. The average Bonchev–Trinajstić information content (AvgIpc) is 2.42. The van der Waals surface area contributed by atoms with E-state index >= 15 is 0 Å². The first-order valence-electron chi connectivity index (χ1n) is 6.55. The van der Waals surface area contributed by atoms with E-state index in [1.807, 2.05) is 6.07 Å². The first kappa shape index (κ1) is 12.9. The first-order chi connectivity index (χ1) is 8.77. The minimum absolute atomic E-state index is 0.163. The molecular formula is C14H20FN3. The molecule has 1 aliphatic rings. The number of benzene rings is 1. The highest BCUT2D eigenvalue weighted by atomic mass is 19.1. The van der Waals surface area contributed by atoms with Gasteiger partial charge in [-0.25, -0.2) is 4.39 Å². The second kappa shape index (κ2) is 6.38. The normalized spacial score (nSPS) is 16.9. The predicted molar refractivity (Wildman–Crippen MR) is 72.0 cm³/mol. The number of nitrogens with zero attached hydrogens (tertiary/aromatic N) is 2. The van der Waals surface area contributed by atoms with Gasteiger partial charge in [0.05, 0.1) is 0 Å². The van der Waals surface area contributed by atoms with Gasteiger partial charge < -0.3 is 10.6 Å². The molecule has 0 amide bonds. The lowest BCUT2D eigenvalue weighted by Crippen LogP contribution is -2.41. The van der Waals surface area contributed by atoms with Gasteiger partial charge in [-0.1, -0.05) is 18.2 Å². The molecule has 2 N–H and O–H groups in total. The average molecular weight is 249 g/mol. The summed E-state index contributed by atoms with van der Waals surface area (Å²) in [5.41, 5.74) is 6.63. The van der Waals surface area contributed by atoms with Crippen LogP contribution < -0.4 is 5.73 Å². The van der Waals surface area contributed by atoms with Gasteiger partial charge in [0.1, 0.15) is 5.82 Å². The van der Waals surface area contributed by atoms with E-state index < -0.39 is 0 Å². The van der Waals surface area contributed by atoms with Crippen molar-refractivity contribution in [3.05, 3.63) is 35.6 Å². The van der Waals surface area contributed by atoms with Crippen LogP contribution in [0.15, 0.2) is 29.3 Å². The largest absolute Gasteiger partial charge is 0.370 e. The van der Waals surface area contributed by atoms with Crippen LogP contribution in [-0.4, -0.2) is 30.5 Å². The van der Waals surface area contributed by atoms with Gasteiger partial charge in [0.25, 0.3) is 0 Å². The topological polar surface area (TPSA) is 41.6 Å². The van der Waals surface area contributed by atoms with E-state index in [9.17, 15) is 4.39 Å². The van der Waals surface area contributed by atoms with Gasteiger partial charge in [0, 0.05) is 19.6 Å². The molecule has 98 valence electrons. The van der Waals surface area contributed by atoms with Crippen LogP contribution in [0.2, 0.25) is 0 Å². The van der Waals surface area contributed by atoms with Crippen LogP contribution in [0, 0.1) is 5.82 Å². The third-order valence-corrected chi connectivity index (χ3v) is 3.29. The molecule has 18 heavy (non-hydrogen) atoms. The number of halogens is 1. The third-order valence-electron chi connectivity index (χ3n) is 3.29. The van der Waals surface area contributed by atoms with Crippen LogP contribution in [-0.2, 0) is 6.42 Å². The maximum absolute atomic E-state index is 13.4. The number of likely N-dealkylation sites (tertiary alicyclic amines) is 1. The minimum Gasteiger partial charge on any atom is -0.370 e. The molecule has 2 rings (SSSR count). The Morgan fingerprint density at radius 1 is 1.22 bits per heavy atom. The predicted octanol–water partition coefficient (Wildman–Crippen LogP) is 2.17. The molecule has 0 radical (unpaired) electrons. The van der Waals surface area contributed by atoms with E-state index in [0.717, 1.165) is 13.1 Å². The first-order valence-corrected chi connectivity index (χ1v) is 6.55. The Labute approximate surface area is 108 Å². The van der Waals surface area contributed by atoms with Crippen LogP contribution in [0.25, 0.3) is 0 Å². The minimum atomic E-state index is -0.163. The number of guanidine groups is 1. The monoisotopic (exact) mass is 249 g/mol. The molecule has 1 aromatic carbocycles. The standard InChI is InChI=1S/C14H20FN3/c15-13-7-3-2-6-12(13)8-9-17-14(16)18-10-4-1-5-11-18/h2-3,6-7H,1,4-5,8-11H2,(H2,16,17). The lowest BCUT2D eigenvalue weighted by atomic mass is 10.1. The Kier molecular flexibility index (Phi) is 4.56. The Bertz CT molecular complexity index is 411. The molecule has 0 spiro atoms. The summed E-state index contributed by atoms with van der Waals surface area (Å²) >= 11 is 0. The Hall–Kier alpha value is -1.58. The molecule has 0 atom stereocenters. The molecule has 1 aliphatic heterocycles. The van der Waals surface area contributed by atoms with Crippen molar-refractivity contribution in [3.8, 4) is 0 Å². The highest BCUT2D eigenvalue weighted by molar-refractivity contribution is 5.78. The zero-order chi connectivity index (χ0) is 12.8. The van der Waals surface area contributed by atoms with Gasteiger partial charge in [0.2, 0.25) is 0 Å². The zero-order valence-corrected chi connectivity index (χ0v) is 10.6. The summed E-state index contributed by atoms with van der Waals surface area (Å²) in [4.78, 5) is 6.45. The van der Waals surface area contributed by atoms with Crippen molar-refractivity contribution in [2.45, 2.75) is 25.7 Å². The Balaban J connectivity index is 1.85. The van der Waals surface area contributed by atoms with Gasteiger partial charge in [-0.05, 0) is 37.3 Å². The fourth-order valence-corrected chi connectivity index (χ4v) is 2.22. The van der Waals surface area contributed by atoms with E-state index in [1.54, 1.807) is 12.1 Å². The summed E-state index contributed by atoms with van der Waals surface area (Å²) in [6, 6.07) is 6.81. The van der Waals surface area contributed by atoms with Crippen molar-refractivity contribution in [2.24, 2.45) is 10.7 Å². The Morgan fingerprint density at radius 3 is 2.67 bits per heavy atom. The van der Waals surface area contributed by atoms with Gasteiger partial charge >= 0.3 is 0 Å². The lowest BCUT2D eigenvalue weighted by molar-refractivity contribution is 0.338. The summed E-state index contributed by atoms with van der Waals surface area (Å²) in [6.45, 7) is 2.54. The Morgan fingerprint density at radius 2 is 1.94 bits per heavy atom. The van der Waals surface area contributed by atoms with Crippen LogP contribution in [0.3, 0.4) is 0 Å². The summed E-state index contributed by atoms with van der Waals surface area (Å²) < 4.78 is 13.4. The molecule has 1 saturated heterocycles. The number of piperidine rings is 1. The molecule has 0 aromatic heterocycles. The van der Waals surface area contributed by atoms with Crippen molar-refractivity contribution in [1.29, 1.82) is 0 Å². The maximum Gasteiger partial charge on any atom is 0.191 e. The SMILES string of the molecule is NC(=NCCc1ccccc1F)N1CCCCC1. The van der Waals surface area contributed by atoms with Gasteiger partial charge in [-0.3, -0.25) is 4.99 Å². The number of rotatable bonds is 3. The zero-order valence-electron chi connectivity index (χ0n) is 10.6. The van der Waals surface area contributed by atoms with E-state index in [-0.39, 0.29) is 5.82 Å². The van der Waals surface area contributed by atoms with Crippen molar-refractivity contribution in [3.63, 3.8) is 0 Å². The molecular weight excluding hydrogens is 229 g/mol. The van der Waals surface area contributed by atoms with Gasteiger partial charge in [-0.2, -0.15) is 0 Å². The van der Waals surface area contributed by atoms with Gasteiger partial charge in [-0.15, -0.1) is 0 Å². The highest BCUT2D eigenvalue weighted by Gasteiger charge is 2.11. The van der Waals surface area contributed by atoms with Gasteiger partial charge in [0.15, 0.2) is 5.96 Å². The van der Waals surface area contributed by atoms with Crippen LogP contribution >= 0.6 is 0 Å². The van der Waals surface area contributed by atoms with E-state index in [1.165, 1.54) is 25.3 Å². The fourth-order valence-electron chi connectivity index (χ4n) is 2.22. The second-order valence-electron chi connectivity index (χ2n) is 4.63. The molecule has 1 heterocycles. The van der Waals surface area contributed by atoms with Crippen molar-refractivity contribution < 1.29 is 4.39 Å². The van der Waals surface area contributed by atoms with Crippen molar-refractivity contribution >= 4 is 5.96 Å². The summed E-state index contributed by atoms with van der Waals surface area (Å²) in [6.07, 6.45) is 4.24. The lowest BCUT2D eigenvalue weighted by Gasteiger charge is -2.27. The fraction of sp³-hybridized carbons (Fsp3) is 0.500. The quantitative estimate of drug-likeness (QED) is 0.659. The van der Waals surface area contributed by atoms with Crippen LogP contribution in [0.4, 0.5) is 4.39 Å². The maximum atomic E-state index is 13.4. The van der Waals surface area contributed by atoms with E-state index in [0.29, 0.717) is 24.5 Å². The molecule has 0 unspecified atom stereocenters. The van der Waals surface area contributed by atoms with Crippen LogP contribution in [0.1, 0.15) is 24.8 Å². The number of aliphatic imine (C=N–C) groups is 1. The highest BCUT2D eigenvalue weighted by Crippen LogP contribution is 2.09. The summed E-state index contributed by atoms with van der Waals surface area (Å²) in [7, 11) is 0.